The van der Waals surface area contributed by atoms with Gasteiger partial charge < -0.3 is 4.74 Å². The summed E-state index contributed by atoms with van der Waals surface area (Å²) < 4.78 is 5.39. The van der Waals surface area contributed by atoms with Crippen LogP contribution in [-0.4, -0.2) is 29.3 Å². The highest BCUT2D eigenvalue weighted by atomic mass is 16.5. The zero-order valence-corrected chi connectivity index (χ0v) is 20.4. The molecule has 0 saturated carbocycles. The minimum absolute atomic E-state index is 0.218. The summed E-state index contributed by atoms with van der Waals surface area (Å²) in [4.78, 5) is 19.9. The number of nitrogens with zero attached hydrogens (tertiary/aromatic N) is 4. The van der Waals surface area contributed by atoms with Crippen molar-refractivity contribution in [2.45, 2.75) is 33.7 Å². The number of benzene rings is 3. The van der Waals surface area contributed by atoms with Crippen LogP contribution in [0.25, 0.3) is 5.70 Å². The van der Waals surface area contributed by atoms with Gasteiger partial charge in [-0.05, 0) is 51.5 Å². The molecule has 2 heterocycles. The van der Waals surface area contributed by atoms with Gasteiger partial charge in [0.05, 0.1) is 24.0 Å². The molecule has 0 bridgehead atoms. The lowest BCUT2D eigenvalue weighted by Crippen LogP contribution is -2.44. The Kier molecular flexibility index (Phi) is 5.95. The highest BCUT2D eigenvalue weighted by molar-refractivity contribution is 6.41. The molecule has 1 unspecified atom stereocenters. The summed E-state index contributed by atoms with van der Waals surface area (Å²) in [7, 11) is 0. The van der Waals surface area contributed by atoms with Crippen molar-refractivity contribution in [3.8, 4) is 0 Å². The average Bonchev–Trinajstić information content (AvgIpc) is 3.25. The Morgan fingerprint density at radius 3 is 2.03 bits per heavy atom. The third-order valence-electron chi connectivity index (χ3n) is 6.14. The van der Waals surface area contributed by atoms with Crippen molar-refractivity contribution in [2.24, 2.45) is 10.1 Å². The van der Waals surface area contributed by atoms with Crippen LogP contribution < -0.4 is 5.01 Å². The predicted octanol–water partition coefficient (Wildman–Crippen LogP) is 5.76. The smallest absolute Gasteiger partial charge is 0.376 e. The van der Waals surface area contributed by atoms with Crippen LogP contribution >= 0.6 is 0 Å². The second-order valence-electron chi connectivity index (χ2n) is 8.85. The molecule has 3 aromatic rings. The van der Waals surface area contributed by atoms with E-state index in [1.54, 1.807) is 11.9 Å². The van der Waals surface area contributed by atoms with E-state index < -0.39 is 5.97 Å². The normalized spacial score (nSPS) is 16.9. The number of aliphatic imine (C=N–C) groups is 1. The number of hydrogen-bond donors (Lipinski definition) is 0. The van der Waals surface area contributed by atoms with E-state index in [1.807, 2.05) is 36.1 Å². The van der Waals surface area contributed by atoms with Gasteiger partial charge in [-0.2, -0.15) is 5.01 Å². The van der Waals surface area contributed by atoms with Gasteiger partial charge in [0.15, 0.2) is 0 Å². The third kappa shape index (κ3) is 4.35. The maximum absolute atomic E-state index is 13.1. The van der Waals surface area contributed by atoms with Gasteiger partial charge in [-0.3, -0.25) is 4.90 Å². The van der Waals surface area contributed by atoms with Crippen LogP contribution in [0.15, 0.2) is 89.0 Å². The van der Waals surface area contributed by atoms with Gasteiger partial charge in [-0.25, -0.2) is 9.79 Å². The van der Waals surface area contributed by atoms with Crippen molar-refractivity contribution < 1.29 is 9.53 Å². The van der Waals surface area contributed by atoms with Gasteiger partial charge in [-0.1, -0.05) is 77.4 Å². The maximum Gasteiger partial charge on any atom is 0.376 e. The van der Waals surface area contributed by atoms with Crippen molar-refractivity contribution in [1.29, 1.82) is 0 Å². The van der Waals surface area contributed by atoms with Crippen molar-refractivity contribution >= 4 is 29.1 Å². The summed E-state index contributed by atoms with van der Waals surface area (Å²) in [5, 5.41) is 6.45. The van der Waals surface area contributed by atoms with E-state index in [0.29, 0.717) is 5.96 Å². The van der Waals surface area contributed by atoms with Crippen LogP contribution in [0, 0.1) is 20.8 Å². The van der Waals surface area contributed by atoms with Gasteiger partial charge in [-0.15, -0.1) is 5.10 Å². The van der Waals surface area contributed by atoms with E-state index in [4.69, 9.17) is 14.8 Å². The molecule has 6 heteroatoms. The summed E-state index contributed by atoms with van der Waals surface area (Å²) in [6, 6.07) is 24.4. The lowest BCUT2D eigenvalue weighted by molar-refractivity contribution is -0.135. The molecule has 176 valence electrons. The Bertz CT molecular complexity index is 1340. The van der Waals surface area contributed by atoms with Crippen LogP contribution in [0.2, 0.25) is 0 Å². The Morgan fingerprint density at radius 2 is 1.43 bits per heavy atom. The summed E-state index contributed by atoms with van der Waals surface area (Å²) >= 11 is 0. The molecular weight excluding hydrogens is 436 g/mol. The number of fused-ring (bicyclic) bond motifs is 1. The largest absolute Gasteiger partial charge is 0.460 e. The first-order valence-electron chi connectivity index (χ1n) is 11.8. The molecule has 0 saturated heterocycles. The number of carbonyl (C=O) groups is 1. The SMILES string of the molecule is CCOC(=O)C1=NN(c2ccc(C)cc2)C2=NC(c3ccc(C)cc3)=CC(c3ccc(C)cc3)N12. The lowest BCUT2D eigenvalue weighted by atomic mass is 9.99. The molecular formula is C29H28N4O2. The number of ether oxygens (including phenoxy) is 1. The average molecular weight is 465 g/mol. The number of amidine groups is 1. The monoisotopic (exact) mass is 464 g/mol. The first kappa shape index (κ1) is 22.6. The fourth-order valence-corrected chi connectivity index (χ4v) is 4.20. The number of guanidine groups is 1. The molecule has 3 aromatic carbocycles. The molecule has 0 fully saturated rings. The van der Waals surface area contributed by atoms with Crippen LogP contribution in [0.4, 0.5) is 5.69 Å². The van der Waals surface area contributed by atoms with Crippen molar-refractivity contribution in [3.05, 3.63) is 107 Å². The maximum atomic E-state index is 13.1. The van der Waals surface area contributed by atoms with E-state index in [9.17, 15) is 4.79 Å². The van der Waals surface area contributed by atoms with E-state index in [-0.39, 0.29) is 18.5 Å². The van der Waals surface area contributed by atoms with E-state index >= 15 is 0 Å². The quantitative estimate of drug-likeness (QED) is 0.450. The molecule has 6 nitrogen and oxygen atoms in total. The van der Waals surface area contributed by atoms with Crippen LogP contribution in [0.3, 0.4) is 0 Å². The summed E-state index contributed by atoms with van der Waals surface area (Å²) in [5.74, 6) is 0.315. The number of hydrogen-bond acceptors (Lipinski definition) is 6. The standard InChI is InChI=1S/C29H28N4O2/c1-5-35-28(34)27-31-33(24-16-10-21(4)11-17-24)29-30-25(22-12-6-19(2)7-13-22)18-26(32(27)29)23-14-8-20(3)9-15-23/h6-18,26H,5H2,1-4H3. The third-order valence-corrected chi connectivity index (χ3v) is 6.14. The predicted molar refractivity (Wildman–Crippen MR) is 140 cm³/mol. The number of esters is 1. The molecule has 0 N–H and O–H groups in total. The van der Waals surface area contributed by atoms with E-state index in [1.165, 1.54) is 11.1 Å². The second kappa shape index (κ2) is 9.22. The zero-order valence-electron chi connectivity index (χ0n) is 20.4. The zero-order chi connectivity index (χ0) is 24.5. The van der Waals surface area contributed by atoms with Crippen molar-refractivity contribution in [1.82, 2.24) is 4.90 Å². The van der Waals surface area contributed by atoms with Crippen molar-refractivity contribution in [3.63, 3.8) is 0 Å². The molecule has 35 heavy (non-hydrogen) atoms. The van der Waals surface area contributed by atoms with Gasteiger partial charge in [0.1, 0.15) is 0 Å². The number of anilines is 1. The number of rotatable bonds is 5. The van der Waals surface area contributed by atoms with Crippen molar-refractivity contribution in [2.75, 3.05) is 11.6 Å². The number of carbonyl (C=O) groups excluding carboxylic acids is 1. The Morgan fingerprint density at radius 1 is 0.857 bits per heavy atom. The number of aryl methyl sites for hydroxylation is 3. The van der Waals surface area contributed by atoms with Gasteiger partial charge in [0, 0.05) is 5.56 Å². The summed E-state index contributed by atoms with van der Waals surface area (Å²) in [5.41, 5.74) is 7.20. The second-order valence-corrected chi connectivity index (χ2v) is 8.85. The number of hydrazone groups is 1. The first-order valence-corrected chi connectivity index (χ1v) is 11.8. The fourth-order valence-electron chi connectivity index (χ4n) is 4.20. The van der Waals surface area contributed by atoms with Gasteiger partial charge in [0.25, 0.3) is 0 Å². The highest BCUT2D eigenvalue weighted by Gasteiger charge is 2.43. The molecule has 0 amide bonds. The molecule has 2 aliphatic heterocycles. The topological polar surface area (TPSA) is 57.5 Å². The molecule has 0 radical (unpaired) electrons. The lowest BCUT2D eigenvalue weighted by Gasteiger charge is -2.32. The summed E-state index contributed by atoms with van der Waals surface area (Å²) in [6.45, 7) is 8.23. The molecule has 0 aromatic heterocycles. The van der Waals surface area contributed by atoms with E-state index in [0.717, 1.165) is 28.1 Å². The van der Waals surface area contributed by atoms with Crippen LogP contribution in [0.1, 0.15) is 40.8 Å². The van der Waals surface area contributed by atoms with Gasteiger partial charge >= 0.3 is 5.97 Å². The summed E-state index contributed by atoms with van der Waals surface area (Å²) in [6.07, 6.45) is 2.09. The van der Waals surface area contributed by atoms with Crippen LogP contribution in [0.5, 0.6) is 0 Å². The van der Waals surface area contributed by atoms with Crippen LogP contribution in [-0.2, 0) is 9.53 Å². The molecule has 0 spiro atoms. The molecule has 2 aliphatic rings. The molecule has 0 aliphatic carbocycles. The van der Waals surface area contributed by atoms with E-state index in [2.05, 4.69) is 68.5 Å². The Balaban J connectivity index is 1.68. The first-order chi connectivity index (χ1) is 16.9. The molecule has 5 rings (SSSR count). The Hall–Kier alpha value is -4.19. The Labute approximate surface area is 205 Å². The minimum atomic E-state index is -0.473. The van der Waals surface area contributed by atoms with Gasteiger partial charge in [0.2, 0.25) is 11.8 Å². The minimum Gasteiger partial charge on any atom is -0.460 e. The highest BCUT2D eigenvalue weighted by Crippen LogP contribution is 2.38. The molecule has 1 atom stereocenters. The fraction of sp³-hybridized carbons (Fsp3) is 0.207.